The number of benzene rings is 9. The van der Waals surface area contributed by atoms with E-state index in [1.54, 1.807) is 0 Å². The third-order valence-electron chi connectivity index (χ3n) is 11.9. The van der Waals surface area contributed by atoms with Gasteiger partial charge < -0.3 is 18.3 Å². The highest BCUT2D eigenvalue weighted by Gasteiger charge is 2.33. The summed E-state index contributed by atoms with van der Waals surface area (Å²) < 4.78 is 36.2. The Labute approximate surface area is 348 Å². The fraction of sp³-hybridized carbons (Fsp3) is 0. The van der Waals surface area contributed by atoms with Crippen molar-refractivity contribution in [2.45, 2.75) is 0 Å². The average molecular weight is 809 g/mol. The van der Waals surface area contributed by atoms with Gasteiger partial charge in [0.2, 0.25) is 0 Å². The lowest BCUT2D eigenvalue weighted by molar-refractivity contribution is 0.591. The summed E-state index contributed by atoms with van der Waals surface area (Å²) in [6.07, 6.45) is 0. The molecule has 0 atom stereocenters. The molecule has 0 unspecified atom stereocenters. The van der Waals surface area contributed by atoms with Gasteiger partial charge in [-0.15, -0.1) is 0 Å². The summed E-state index contributed by atoms with van der Waals surface area (Å²) in [4.78, 5) is 0. The quantitative estimate of drug-likeness (QED) is 0.144. The summed E-state index contributed by atoms with van der Waals surface area (Å²) in [5, 5.41) is 8.87. The predicted octanol–water partition coefficient (Wildman–Crippen LogP) is 11.2. The molecule has 0 aliphatic carbocycles. The molecule has 0 spiro atoms. The highest BCUT2D eigenvalue weighted by atomic mass is 31.2. The number of hydrogen-bond acceptors (Lipinski definition) is 2. The van der Waals surface area contributed by atoms with Crippen LogP contribution in [0.3, 0.4) is 0 Å². The summed E-state index contributed by atoms with van der Waals surface area (Å²) in [6, 6.07) is 77.6. The monoisotopic (exact) mass is 808 g/mol. The lowest BCUT2D eigenvalue weighted by Gasteiger charge is -2.20. The highest BCUT2D eigenvalue weighted by molar-refractivity contribution is 7.85. The molecule has 4 nitrogen and oxygen atoms in total. The Hall–Kier alpha value is -6.96. The molecule has 9 aromatic carbocycles. The van der Waals surface area contributed by atoms with Crippen molar-refractivity contribution in [2.75, 3.05) is 0 Å². The lowest BCUT2D eigenvalue weighted by atomic mass is 10.1. The molecule has 11 rings (SSSR count). The van der Waals surface area contributed by atoms with E-state index < -0.39 is 14.3 Å². The zero-order valence-electron chi connectivity index (χ0n) is 32.5. The van der Waals surface area contributed by atoms with Gasteiger partial charge >= 0.3 is 0 Å². The van der Waals surface area contributed by atoms with Crippen LogP contribution in [-0.4, -0.2) is 9.13 Å². The maximum Gasteiger partial charge on any atom is 0.171 e. The minimum atomic E-state index is -3.32. The van der Waals surface area contributed by atoms with E-state index in [1.807, 2.05) is 133 Å². The molecule has 0 bridgehead atoms. The van der Waals surface area contributed by atoms with E-state index in [0.717, 1.165) is 76.0 Å². The first-order valence-corrected chi connectivity index (χ1v) is 23.6. The standard InChI is InChI=1S/C54H38N2O2P2/c57-59(41-20-5-1-6-21-41,42-22-7-2-8-23-42)45-32-34-53-49(37-45)50-38-46(60(58,43-24-9-3-10-25-43)44-26-11-4-12-27-44)33-35-54(50)56(53)40-19-17-18-39(36-40)55-51-30-15-13-28-47(51)48-29-14-16-31-52(48)55/h1-38H. The van der Waals surface area contributed by atoms with E-state index in [4.69, 9.17) is 0 Å². The first-order chi connectivity index (χ1) is 29.5. The number of aromatic nitrogens is 2. The van der Waals surface area contributed by atoms with E-state index in [-0.39, 0.29) is 0 Å². The summed E-state index contributed by atoms with van der Waals surface area (Å²) in [7, 11) is -6.63. The van der Waals surface area contributed by atoms with Crippen molar-refractivity contribution in [3.63, 3.8) is 0 Å². The Balaban J connectivity index is 1.20. The van der Waals surface area contributed by atoms with E-state index in [9.17, 15) is 0 Å². The van der Waals surface area contributed by atoms with Crippen molar-refractivity contribution in [3.8, 4) is 11.4 Å². The van der Waals surface area contributed by atoms with Gasteiger partial charge in [0.25, 0.3) is 0 Å². The van der Waals surface area contributed by atoms with Gasteiger partial charge in [0.15, 0.2) is 14.3 Å². The van der Waals surface area contributed by atoms with Crippen molar-refractivity contribution in [2.24, 2.45) is 0 Å². The molecule has 286 valence electrons. The molecule has 0 radical (unpaired) electrons. The third-order valence-corrected chi connectivity index (χ3v) is 18.0. The maximum atomic E-state index is 15.8. The van der Waals surface area contributed by atoms with Gasteiger partial charge in [0.1, 0.15) is 0 Å². The fourth-order valence-electron chi connectivity index (χ4n) is 9.09. The third kappa shape index (κ3) is 5.60. The fourth-order valence-corrected chi connectivity index (χ4v) is 14.4. The first-order valence-electron chi connectivity index (χ1n) is 20.1. The minimum Gasteiger partial charge on any atom is -0.309 e. The Morgan fingerprint density at radius 2 is 0.567 bits per heavy atom. The van der Waals surface area contributed by atoms with Crippen LogP contribution in [0, 0.1) is 0 Å². The SMILES string of the molecule is O=P(c1ccccc1)(c1ccccc1)c1ccc2c(c1)c1cc(P(=O)(c3ccccc3)c3ccccc3)ccc1n2-c1cccc(-n2c3ccccc3c3ccccc32)c1. The van der Waals surface area contributed by atoms with Crippen molar-refractivity contribution in [3.05, 3.63) is 231 Å². The zero-order valence-corrected chi connectivity index (χ0v) is 34.3. The molecule has 11 aromatic rings. The van der Waals surface area contributed by atoms with Crippen LogP contribution in [0.5, 0.6) is 0 Å². The van der Waals surface area contributed by atoms with Gasteiger partial charge in [-0.2, -0.15) is 0 Å². The van der Waals surface area contributed by atoms with Crippen molar-refractivity contribution in [1.29, 1.82) is 0 Å². The molecule has 2 heterocycles. The van der Waals surface area contributed by atoms with Crippen molar-refractivity contribution >= 4 is 89.7 Å². The second-order valence-corrected chi connectivity index (χ2v) is 20.7. The molecule has 0 aliphatic heterocycles. The number of para-hydroxylation sites is 2. The Morgan fingerprint density at radius 1 is 0.250 bits per heavy atom. The van der Waals surface area contributed by atoms with Crippen LogP contribution in [0.4, 0.5) is 0 Å². The molecule has 0 saturated heterocycles. The topological polar surface area (TPSA) is 44.0 Å². The van der Waals surface area contributed by atoms with Crippen LogP contribution >= 0.6 is 14.3 Å². The van der Waals surface area contributed by atoms with E-state index in [1.165, 1.54) is 10.8 Å². The van der Waals surface area contributed by atoms with E-state index in [0.29, 0.717) is 0 Å². The summed E-state index contributed by atoms with van der Waals surface area (Å²) in [6.45, 7) is 0. The number of nitrogens with zero attached hydrogens (tertiary/aromatic N) is 2. The predicted molar refractivity (Wildman–Crippen MR) is 254 cm³/mol. The Morgan fingerprint density at radius 3 is 0.933 bits per heavy atom. The van der Waals surface area contributed by atoms with Gasteiger partial charge in [-0.25, -0.2) is 0 Å². The largest absolute Gasteiger partial charge is 0.309 e. The molecule has 60 heavy (non-hydrogen) atoms. The van der Waals surface area contributed by atoms with Crippen LogP contribution in [-0.2, 0) is 9.13 Å². The smallest absolute Gasteiger partial charge is 0.171 e. The summed E-state index contributed by atoms with van der Waals surface area (Å²) >= 11 is 0. The van der Waals surface area contributed by atoms with Crippen LogP contribution in [0.2, 0.25) is 0 Å². The number of fused-ring (bicyclic) bond motifs is 6. The molecule has 0 N–H and O–H groups in total. The molecular formula is C54H38N2O2P2. The summed E-state index contributed by atoms with van der Waals surface area (Å²) in [5.41, 5.74) is 6.24. The minimum absolute atomic E-state index is 0.741. The van der Waals surface area contributed by atoms with Crippen LogP contribution < -0.4 is 31.8 Å². The molecule has 0 aliphatic rings. The number of rotatable bonds is 8. The van der Waals surface area contributed by atoms with Crippen molar-refractivity contribution < 1.29 is 9.13 Å². The zero-order chi connectivity index (χ0) is 40.3. The van der Waals surface area contributed by atoms with Crippen LogP contribution in [0.25, 0.3) is 55.0 Å². The van der Waals surface area contributed by atoms with E-state index in [2.05, 4.69) is 106 Å². The molecule has 0 amide bonds. The van der Waals surface area contributed by atoms with E-state index >= 15 is 9.13 Å². The van der Waals surface area contributed by atoms with Gasteiger partial charge in [0, 0.05) is 64.7 Å². The lowest BCUT2D eigenvalue weighted by Crippen LogP contribution is -2.25. The molecule has 0 saturated carbocycles. The van der Waals surface area contributed by atoms with Crippen LogP contribution in [0.1, 0.15) is 0 Å². The first kappa shape index (κ1) is 36.1. The maximum absolute atomic E-state index is 15.8. The summed E-state index contributed by atoms with van der Waals surface area (Å²) in [5.74, 6) is 0. The number of hydrogen-bond donors (Lipinski definition) is 0. The Bertz CT molecular complexity index is 3190. The van der Waals surface area contributed by atoms with Gasteiger partial charge in [-0.3, -0.25) is 0 Å². The van der Waals surface area contributed by atoms with Crippen molar-refractivity contribution in [1.82, 2.24) is 9.13 Å². The van der Waals surface area contributed by atoms with Gasteiger partial charge in [0.05, 0.1) is 22.1 Å². The second-order valence-electron chi connectivity index (χ2n) is 15.2. The molecule has 6 heteroatoms. The van der Waals surface area contributed by atoms with Crippen LogP contribution in [0.15, 0.2) is 231 Å². The normalized spacial score (nSPS) is 12.1. The Kier molecular flexibility index (Phi) is 8.67. The average Bonchev–Trinajstić information content (AvgIpc) is 3.84. The molecule has 2 aromatic heterocycles. The molecular weight excluding hydrogens is 771 g/mol. The second kappa shape index (κ2) is 14.4. The molecule has 0 fully saturated rings. The highest BCUT2D eigenvalue weighted by Crippen LogP contribution is 2.46. The van der Waals surface area contributed by atoms with Gasteiger partial charge in [-0.1, -0.05) is 164 Å². The van der Waals surface area contributed by atoms with Gasteiger partial charge in [-0.05, 0) is 66.7 Å².